The standard InChI is InChI=1S/C19H22N2O5S2/c1-12-11-27-18-7-5-15(9-16(18)21-19(12)22)28(23,24)20-10-13-8-14(25-2)4-6-17(13)26-3/h4-9,12,20H,10-11H2,1-3H3,(H,21,22)/t12-/m0/s1. The quantitative estimate of drug-likeness (QED) is 0.744. The van der Waals surface area contributed by atoms with Crippen LogP contribution < -0.4 is 19.5 Å². The highest BCUT2D eigenvalue weighted by Gasteiger charge is 2.23. The molecular formula is C19H22N2O5S2. The zero-order valence-electron chi connectivity index (χ0n) is 15.8. The molecule has 1 amide bonds. The fourth-order valence-electron chi connectivity index (χ4n) is 2.72. The van der Waals surface area contributed by atoms with Crippen molar-refractivity contribution in [2.45, 2.75) is 23.3 Å². The van der Waals surface area contributed by atoms with Crippen LogP contribution in [0.1, 0.15) is 12.5 Å². The maximum Gasteiger partial charge on any atom is 0.240 e. The third kappa shape index (κ3) is 4.43. The van der Waals surface area contributed by atoms with Crippen molar-refractivity contribution in [3.63, 3.8) is 0 Å². The van der Waals surface area contributed by atoms with Crippen LogP contribution in [0, 0.1) is 5.92 Å². The number of anilines is 1. The summed E-state index contributed by atoms with van der Waals surface area (Å²) in [5.41, 5.74) is 1.17. The highest BCUT2D eigenvalue weighted by atomic mass is 32.2. The molecule has 150 valence electrons. The van der Waals surface area contributed by atoms with Crippen molar-refractivity contribution in [1.29, 1.82) is 0 Å². The Labute approximate surface area is 168 Å². The van der Waals surface area contributed by atoms with Crippen LogP contribution in [-0.2, 0) is 21.4 Å². The predicted octanol–water partition coefficient (Wildman–Crippen LogP) is 2.86. The highest BCUT2D eigenvalue weighted by Crippen LogP contribution is 2.34. The smallest absolute Gasteiger partial charge is 0.240 e. The van der Waals surface area contributed by atoms with E-state index < -0.39 is 10.0 Å². The molecule has 0 saturated carbocycles. The second-order valence-corrected chi connectivity index (χ2v) is 9.19. The van der Waals surface area contributed by atoms with Crippen molar-refractivity contribution in [3.05, 3.63) is 42.0 Å². The lowest BCUT2D eigenvalue weighted by Crippen LogP contribution is -2.24. The number of rotatable bonds is 6. The first-order valence-corrected chi connectivity index (χ1v) is 11.1. The molecule has 0 saturated heterocycles. The SMILES string of the molecule is COc1ccc(OC)c(CNS(=O)(=O)c2ccc3c(c2)NC(=O)[C@@H](C)CS3)c1. The van der Waals surface area contributed by atoms with Gasteiger partial charge in [-0.05, 0) is 36.4 Å². The first-order valence-electron chi connectivity index (χ1n) is 8.62. The van der Waals surface area contributed by atoms with Gasteiger partial charge in [0.25, 0.3) is 0 Å². The van der Waals surface area contributed by atoms with E-state index in [2.05, 4.69) is 10.0 Å². The van der Waals surface area contributed by atoms with E-state index in [4.69, 9.17) is 9.47 Å². The summed E-state index contributed by atoms with van der Waals surface area (Å²) in [5.74, 6) is 1.56. The van der Waals surface area contributed by atoms with Crippen molar-refractivity contribution in [2.24, 2.45) is 5.92 Å². The number of fused-ring (bicyclic) bond motifs is 1. The first-order chi connectivity index (χ1) is 13.3. The van der Waals surface area contributed by atoms with Crippen LogP contribution in [-0.4, -0.2) is 34.3 Å². The molecule has 1 aliphatic rings. The maximum absolute atomic E-state index is 12.8. The molecule has 0 aromatic heterocycles. The summed E-state index contributed by atoms with van der Waals surface area (Å²) in [5, 5.41) is 2.80. The molecule has 0 bridgehead atoms. The van der Waals surface area contributed by atoms with Crippen molar-refractivity contribution in [3.8, 4) is 11.5 Å². The van der Waals surface area contributed by atoms with E-state index in [1.54, 1.807) is 37.4 Å². The number of ether oxygens (including phenoxy) is 2. The van der Waals surface area contributed by atoms with Crippen LogP contribution in [0.2, 0.25) is 0 Å². The Kier molecular flexibility index (Phi) is 6.17. The van der Waals surface area contributed by atoms with E-state index in [9.17, 15) is 13.2 Å². The lowest BCUT2D eigenvalue weighted by Gasteiger charge is -2.13. The number of benzene rings is 2. The Balaban J connectivity index is 1.83. The van der Waals surface area contributed by atoms with Gasteiger partial charge in [-0.15, -0.1) is 11.8 Å². The van der Waals surface area contributed by atoms with Gasteiger partial charge in [-0.2, -0.15) is 0 Å². The third-order valence-electron chi connectivity index (χ3n) is 4.40. The second kappa shape index (κ2) is 8.42. The fraction of sp³-hybridized carbons (Fsp3) is 0.316. The summed E-state index contributed by atoms with van der Waals surface area (Å²) in [6.07, 6.45) is 0. The van der Waals surface area contributed by atoms with Gasteiger partial charge in [-0.3, -0.25) is 4.79 Å². The lowest BCUT2D eigenvalue weighted by molar-refractivity contribution is -0.118. The predicted molar refractivity (Wildman–Crippen MR) is 109 cm³/mol. The molecule has 28 heavy (non-hydrogen) atoms. The largest absolute Gasteiger partial charge is 0.497 e. The molecule has 1 aliphatic heterocycles. The van der Waals surface area contributed by atoms with Crippen molar-refractivity contribution < 1.29 is 22.7 Å². The molecular weight excluding hydrogens is 400 g/mol. The van der Waals surface area contributed by atoms with Gasteiger partial charge >= 0.3 is 0 Å². The molecule has 2 N–H and O–H groups in total. The van der Waals surface area contributed by atoms with E-state index in [0.29, 0.717) is 28.5 Å². The molecule has 2 aromatic rings. The summed E-state index contributed by atoms with van der Waals surface area (Å²) in [7, 11) is -0.725. The summed E-state index contributed by atoms with van der Waals surface area (Å²) in [4.78, 5) is 13.0. The molecule has 0 radical (unpaired) electrons. The van der Waals surface area contributed by atoms with Crippen molar-refractivity contribution in [2.75, 3.05) is 25.3 Å². The Morgan fingerprint density at radius 1 is 1.18 bits per heavy atom. The van der Waals surface area contributed by atoms with Crippen molar-refractivity contribution in [1.82, 2.24) is 4.72 Å². The van der Waals surface area contributed by atoms with E-state index in [-0.39, 0.29) is 23.3 Å². The minimum atomic E-state index is -3.79. The number of carbonyl (C=O) groups is 1. The topological polar surface area (TPSA) is 93.7 Å². The monoisotopic (exact) mass is 422 g/mol. The third-order valence-corrected chi connectivity index (χ3v) is 7.13. The molecule has 0 aliphatic carbocycles. The van der Waals surface area contributed by atoms with E-state index >= 15 is 0 Å². The molecule has 9 heteroatoms. The van der Waals surface area contributed by atoms with Gasteiger partial charge in [-0.25, -0.2) is 13.1 Å². The Morgan fingerprint density at radius 3 is 2.68 bits per heavy atom. The highest BCUT2D eigenvalue weighted by molar-refractivity contribution is 7.99. The Hall–Kier alpha value is -2.23. The number of carbonyl (C=O) groups excluding carboxylic acids is 1. The molecule has 0 spiro atoms. The maximum atomic E-state index is 12.8. The first kappa shape index (κ1) is 20.5. The number of methoxy groups -OCH3 is 2. The normalized spacial score (nSPS) is 16.7. The van der Waals surface area contributed by atoms with Gasteiger partial charge in [0.15, 0.2) is 0 Å². The zero-order valence-corrected chi connectivity index (χ0v) is 17.4. The Morgan fingerprint density at radius 2 is 1.96 bits per heavy atom. The molecule has 2 aromatic carbocycles. The minimum absolute atomic E-state index is 0.0396. The van der Waals surface area contributed by atoms with Crippen LogP contribution in [0.5, 0.6) is 11.5 Å². The van der Waals surface area contributed by atoms with Gasteiger partial charge in [-0.1, -0.05) is 6.92 Å². The van der Waals surface area contributed by atoms with E-state index in [0.717, 1.165) is 4.90 Å². The number of amides is 1. The van der Waals surface area contributed by atoms with Gasteiger partial charge in [0.05, 0.1) is 24.8 Å². The van der Waals surface area contributed by atoms with Crippen LogP contribution >= 0.6 is 11.8 Å². The average Bonchev–Trinajstić information content (AvgIpc) is 2.84. The molecule has 0 unspecified atom stereocenters. The summed E-state index contributed by atoms with van der Waals surface area (Å²) in [6.45, 7) is 1.88. The molecule has 7 nitrogen and oxygen atoms in total. The second-order valence-electron chi connectivity index (χ2n) is 6.36. The summed E-state index contributed by atoms with van der Waals surface area (Å²) in [6, 6.07) is 9.93. The summed E-state index contributed by atoms with van der Waals surface area (Å²) < 4.78 is 38.6. The van der Waals surface area contributed by atoms with Crippen LogP contribution in [0.15, 0.2) is 46.2 Å². The van der Waals surface area contributed by atoms with E-state index in [1.807, 2.05) is 6.92 Å². The van der Waals surface area contributed by atoms with Crippen LogP contribution in [0.4, 0.5) is 5.69 Å². The molecule has 0 fully saturated rings. The molecule has 1 atom stereocenters. The van der Waals surface area contributed by atoms with Gasteiger partial charge < -0.3 is 14.8 Å². The number of hydrogen-bond donors (Lipinski definition) is 2. The zero-order chi connectivity index (χ0) is 20.3. The van der Waals surface area contributed by atoms with E-state index in [1.165, 1.54) is 24.9 Å². The van der Waals surface area contributed by atoms with Crippen LogP contribution in [0.3, 0.4) is 0 Å². The summed E-state index contributed by atoms with van der Waals surface area (Å²) >= 11 is 1.53. The fourth-order valence-corrected chi connectivity index (χ4v) is 4.77. The average molecular weight is 423 g/mol. The minimum Gasteiger partial charge on any atom is -0.497 e. The molecule has 1 heterocycles. The van der Waals surface area contributed by atoms with Crippen LogP contribution in [0.25, 0.3) is 0 Å². The number of hydrogen-bond acceptors (Lipinski definition) is 6. The number of nitrogens with one attached hydrogen (secondary N) is 2. The lowest BCUT2D eigenvalue weighted by atomic mass is 10.2. The molecule has 3 rings (SSSR count). The van der Waals surface area contributed by atoms with Gasteiger partial charge in [0.2, 0.25) is 15.9 Å². The number of thioether (sulfide) groups is 1. The number of sulfonamides is 1. The Bertz CT molecular complexity index is 992. The van der Waals surface area contributed by atoms with Crippen molar-refractivity contribution >= 4 is 33.4 Å². The van der Waals surface area contributed by atoms with Gasteiger partial charge in [0.1, 0.15) is 11.5 Å². The van der Waals surface area contributed by atoms with Gasteiger partial charge in [0, 0.05) is 28.7 Å².